The van der Waals surface area contributed by atoms with Crippen LogP contribution in [0.4, 0.5) is 4.79 Å². The Bertz CT molecular complexity index is 337. The predicted octanol–water partition coefficient (Wildman–Crippen LogP) is 1.02. The quantitative estimate of drug-likeness (QED) is 0.765. The average Bonchev–Trinajstić information content (AvgIpc) is 2.44. The number of hydrogen-bond acceptors (Lipinski definition) is 2. The molecule has 1 rings (SSSR count). The molecule has 0 aromatic carbocycles. The molecule has 0 fully saturated rings. The van der Waals surface area contributed by atoms with Gasteiger partial charge >= 0.3 is 6.03 Å². The molecule has 0 aliphatic heterocycles. The van der Waals surface area contributed by atoms with Gasteiger partial charge in [0.2, 0.25) is 0 Å². The maximum Gasteiger partial charge on any atom is 0.315 e. The number of hydrogen-bond donors (Lipinski definition) is 2. The summed E-state index contributed by atoms with van der Waals surface area (Å²) in [7, 11) is 1.85. The second kappa shape index (κ2) is 4.33. The van der Waals surface area contributed by atoms with Crippen LogP contribution >= 0.6 is 0 Å². The van der Waals surface area contributed by atoms with Gasteiger partial charge in [0.05, 0.1) is 12.2 Å². The Morgan fingerprint density at radius 1 is 1.53 bits per heavy atom. The molecule has 1 aromatic rings. The van der Waals surface area contributed by atoms with Crippen molar-refractivity contribution in [3.63, 3.8) is 0 Å². The van der Waals surface area contributed by atoms with Crippen molar-refractivity contribution < 1.29 is 4.79 Å². The largest absolute Gasteiger partial charge is 0.334 e. The molecule has 0 spiro atoms. The maximum atomic E-state index is 11.4. The average molecular weight is 210 g/mol. The van der Waals surface area contributed by atoms with Gasteiger partial charge in [-0.3, -0.25) is 4.68 Å². The standard InChI is InChI=1S/C10H18N4O/c1-10(2,3)13-9(15)11-7-8-5-6-12-14(8)4/h5-6H,7H2,1-4H3,(H2,11,13,15). The van der Waals surface area contributed by atoms with Gasteiger partial charge in [0.25, 0.3) is 0 Å². The Morgan fingerprint density at radius 2 is 2.20 bits per heavy atom. The fraction of sp³-hybridized carbons (Fsp3) is 0.600. The fourth-order valence-electron chi connectivity index (χ4n) is 1.13. The summed E-state index contributed by atoms with van der Waals surface area (Å²) in [4.78, 5) is 11.4. The van der Waals surface area contributed by atoms with Crippen LogP contribution in [0.15, 0.2) is 12.3 Å². The summed E-state index contributed by atoms with van der Waals surface area (Å²) in [5.74, 6) is 0. The Labute approximate surface area is 89.9 Å². The molecule has 0 atom stereocenters. The molecule has 1 heterocycles. The monoisotopic (exact) mass is 210 g/mol. The van der Waals surface area contributed by atoms with Crippen LogP contribution in [0, 0.1) is 0 Å². The minimum atomic E-state index is -0.212. The van der Waals surface area contributed by atoms with Crippen LogP contribution < -0.4 is 10.6 Å². The number of amides is 2. The van der Waals surface area contributed by atoms with Gasteiger partial charge in [-0.1, -0.05) is 0 Å². The van der Waals surface area contributed by atoms with E-state index >= 15 is 0 Å². The summed E-state index contributed by atoms with van der Waals surface area (Å²) in [6.07, 6.45) is 1.71. The van der Waals surface area contributed by atoms with Gasteiger partial charge in [-0.2, -0.15) is 5.10 Å². The van der Waals surface area contributed by atoms with Crippen LogP contribution in [-0.2, 0) is 13.6 Å². The molecule has 5 heteroatoms. The van der Waals surface area contributed by atoms with E-state index in [1.807, 2.05) is 33.9 Å². The number of rotatable bonds is 2. The lowest BCUT2D eigenvalue weighted by molar-refractivity contribution is 0.231. The van der Waals surface area contributed by atoms with E-state index in [0.717, 1.165) is 5.69 Å². The molecular formula is C10H18N4O. The van der Waals surface area contributed by atoms with E-state index < -0.39 is 0 Å². The lowest BCUT2D eigenvalue weighted by Gasteiger charge is -2.20. The van der Waals surface area contributed by atoms with Crippen molar-refractivity contribution in [3.8, 4) is 0 Å². The van der Waals surface area contributed by atoms with Crippen molar-refractivity contribution in [2.45, 2.75) is 32.9 Å². The van der Waals surface area contributed by atoms with Crippen molar-refractivity contribution in [3.05, 3.63) is 18.0 Å². The zero-order valence-electron chi connectivity index (χ0n) is 9.66. The molecule has 2 amide bonds. The minimum absolute atomic E-state index is 0.163. The molecule has 0 radical (unpaired) electrons. The Hall–Kier alpha value is -1.52. The summed E-state index contributed by atoms with van der Waals surface area (Å²) in [5, 5.41) is 9.61. The zero-order valence-corrected chi connectivity index (χ0v) is 9.66. The number of aromatic nitrogens is 2. The van der Waals surface area contributed by atoms with E-state index in [4.69, 9.17) is 0 Å². The maximum absolute atomic E-state index is 11.4. The minimum Gasteiger partial charge on any atom is -0.334 e. The van der Waals surface area contributed by atoms with Gasteiger partial charge < -0.3 is 10.6 Å². The number of aryl methyl sites for hydroxylation is 1. The fourth-order valence-corrected chi connectivity index (χ4v) is 1.13. The molecule has 2 N–H and O–H groups in total. The first kappa shape index (κ1) is 11.6. The smallest absolute Gasteiger partial charge is 0.315 e. The lowest BCUT2D eigenvalue weighted by Crippen LogP contribution is -2.46. The third-order valence-electron chi connectivity index (χ3n) is 1.84. The van der Waals surface area contributed by atoms with Gasteiger partial charge in [-0.25, -0.2) is 4.79 Å². The van der Waals surface area contributed by atoms with E-state index in [2.05, 4.69) is 15.7 Å². The molecule has 0 unspecified atom stereocenters. The summed E-state index contributed by atoms with van der Waals surface area (Å²) in [6, 6.07) is 1.71. The van der Waals surface area contributed by atoms with Gasteiger partial charge in [-0.05, 0) is 26.8 Å². The van der Waals surface area contributed by atoms with E-state index in [0.29, 0.717) is 6.54 Å². The number of carbonyl (C=O) groups is 1. The van der Waals surface area contributed by atoms with Crippen LogP contribution in [0.5, 0.6) is 0 Å². The predicted molar refractivity (Wildman–Crippen MR) is 58.3 cm³/mol. The Kier molecular flexibility index (Phi) is 3.34. The van der Waals surface area contributed by atoms with Crippen LogP contribution in [0.25, 0.3) is 0 Å². The van der Waals surface area contributed by atoms with E-state index in [-0.39, 0.29) is 11.6 Å². The molecule has 0 saturated carbocycles. The number of carbonyl (C=O) groups excluding carboxylic acids is 1. The molecule has 0 bridgehead atoms. The molecular weight excluding hydrogens is 192 g/mol. The number of nitrogens with one attached hydrogen (secondary N) is 2. The first-order valence-electron chi connectivity index (χ1n) is 4.91. The molecule has 5 nitrogen and oxygen atoms in total. The Morgan fingerprint density at radius 3 is 2.67 bits per heavy atom. The molecule has 84 valence electrons. The summed E-state index contributed by atoms with van der Waals surface area (Å²) < 4.78 is 1.73. The molecule has 0 aliphatic rings. The third-order valence-corrected chi connectivity index (χ3v) is 1.84. The highest BCUT2D eigenvalue weighted by Crippen LogP contribution is 1.98. The first-order chi connectivity index (χ1) is 6.88. The number of urea groups is 1. The van der Waals surface area contributed by atoms with Crippen molar-refractivity contribution in [2.75, 3.05) is 0 Å². The van der Waals surface area contributed by atoms with Gasteiger partial charge in [0, 0.05) is 18.8 Å². The summed E-state index contributed by atoms with van der Waals surface area (Å²) >= 11 is 0. The van der Waals surface area contributed by atoms with Crippen molar-refractivity contribution in [1.29, 1.82) is 0 Å². The topological polar surface area (TPSA) is 59.0 Å². The van der Waals surface area contributed by atoms with Crippen molar-refractivity contribution in [2.24, 2.45) is 7.05 Å². The van der Waals surface area contributed by atoms with Crippen LogP contribution in [0.1, 0.15) is 26.5 Å². The van der Waals surface area contributed by atoms with Crippen LogP contribution in [0.3, 0.4) is 0 Å². The summed E-state index contributed by atoms with van der Waals surface area (Å²) in [5.41, 5.74) is 0.760. The van der Waals surface area contributed by atoms with E-state index in [1.165, 1.54) is 0 Å². The second-order valence-corrected chi connectivity index (χ2v) is 4.50. The molecule has 15 heavy (non-hydrogen) atoms. The highest BCUT2D eigenvalue weighted by molar-refractivity contribution is 5.74. The highest BCUT2D eigenvalue weighted by atomic mass is 16.2. The SMILES string of the molecule is Cn1nccc1CNC(=O)NC(C)(C)C. The molecule has 1 aromatic heterocycles. The molecule has 0 saturated heterocycles. The van der Waals surface area contributed by atoms with Gasteiger partial charge in [0.15, 0.2) is 0 Å². The lowest BCUT2D eigenvalue weighted by atomic mass is 10.1. The van der Waals surface area contributed by atoms with Crippen molar-refractivity contribution >= 4 is 6.03 Å². The molecule has 0 aliphatic carbocycles. The van der Waals surface area contributed by atoms with Crippen LogP contribution in [0.2, 0.25) is 0 Å². The van der Waals surface area contributed by atoms with Gasteiger partial charge in [0.1, 0.15) is 0 Å². The van der Waals surface area contributed by atoms with E-state index in [9.17, 15) is 4.79 Å². The highest BCUT2D eigenvalue weighted by Gasteiger charge is 2.13. The van der Waals surface area contributed by atoms with Crippen LogP contribution in [-0.4, -0.2) is 21.4 Å². The number of nitrogens with zero attached hydrogens (tertiary/aromatic N) is 2. The zero-order chi connectivity index (χ0) is 11.5. The Balaban J connectivity index is 2.38. The first-order valence-corrected chi connectivity index (χ1v) is 4.91. The third kappa shape index (κ3) is 4.01. The summed E-state index contributed by atoms with van der Waals surface area (Å²) in [6.45, 7) is 6.31. The van der Waals surface area contributed by atoms with E-state index in [1.54, 1.807) is 10.9 Å². The van der Waals surface area contributed by atoms with Crippen molar-refractivity contribution in [1.82, 2.24) is 20.4 Å². The second-order valence-electron chi connectivity index (χ2n) is 4.50. The normalized spacial score (nSPS) is 11.2. The van der Waals surface area contributed by atoms with Gasteiger partial charge in [-0.15, -0.1) is 0 Å².